The van der Waals surface area contributed by atoms with Gasteiger partial charge in [-0.1, -0.05) is 12.1 Å². The van der Waals surface area contributed by atoms with Crippen LogP contribution in [-0.2, 0) is 14.1 Å². The lowest BCUT2D eigenvalue weighted by molar-refractivity contribution is 0.0942. The summed E-state index contributed by atoms with van der Waals surface area (Å²) in [5.41, 5.74) is 2.73. The number of aryl methyl sites for hydroxylation is 3. The van der Waals surface area contributed by atoms with Crippen molar-refractivity contribution in [2.24, 2.45) is 14.1 Å². The largest absolute Gasteiger partial charge is 0.463 e. The van der Waals surface area contributed by atoms with E-state index in [9.17, 15) is 9.18 Å². The first-order valence-electron chi connectivity index (χ1n) is 10.3. The molecule has 0 saturated heterocycles. The third kappa shape index (κ3) is 3.67. The van der Waals surface area contributed by atoms with E-state index in [0.717, 1.165) is 0 Å². The smallest absolute Gasteiger partial charge is 0.253 e. The van der Waals surface area contributed by atoms with E-state index in [0.29, 0.717) is 45.1 Å². The molecule has 0 saturated carbocycles. The first-order chi connectivity index (χ1) is 15.9. The Bertz CT molecular complexity index is 1470. The van der Waals surface area contributed by atoms with Crippen molar-refractivity contribution in [1.29, 1.82) is 0 Å². The van der Waals surface area contributed by atoms with Crippen molar-refractivity contribution >= 4 is 16.9 Å². The summed E-state index contributed by atoms with van der Waals surface area (Å²) in [4.78, 5) is 22.7. The third-order valence-corrected chi connectivity index (χ3v) is 5.56. The highest BCUT2D eigenvalue weighted by Gasteiger charge is 2.25. The number of nitrogens with one attached hydrogen (secondary N) is 1. The molecule has 1 atom stereocenters. The molecule has 5 aromatic rings. The van der Waals surface area contributed by atoms with E-state index in [1.165, 1.54) is 12.1 Å². The van der Waals surface area contributed by atoms with E-state index >= 15 is 0 Å². The van der Waals surface area contributed by atoms with E-state index in [4.69, 9.17) is 4.42 Å². The van der Waals surface area contributed by atoms with Gasteiger partial charge in [-0.25, -0.2) is 14.4 Å². The first-order valence-corrected chi connectivity index (χ1v) is 10.3. The number of carbonyl (C=O) groups excluding carboxylic acids is 1. The zero-order valence-corrected chi connectivity index (χ0v) is 18.3. The monoisotopic (exact) mass is 444 g/mol. The number of pyridine rings is 1. The van der Waals surface area contributed by atoms with Gasteiger partial charge in [-0.05, 0) is 42.8 Å². The summed E-state index contributed by atoms with van der Waals surface area (Å²) in [5, 5.41) is 8.12. The second-order valence-electron chi connectivity index (χ2n) is 7.80. The number of amides is 1. The van der Waals surface area contributed by atoms with Crippen LogP contribution in [0.3, 0.4) is 0 Å². The first kappa shape index (κ1) is 20.6. The molecule has 1 aromatic carbocycles. The normalized spacial score (nSPS) is 12.2. The van der Waals surface area contributed by atoms with Crippen LogP contribution in [0.5, 0.6) is 0 Å². The minimum atomic E-state index is -0.666. The van der Waals surface area contributed by atoms with Gasteiger partial charge in [0.1, 0.15) is 23.4 Å². The van der Waals surface area contributed by atoms with E-state index in [-0.39, 0.29) is 5.91 Å². The molecular weight excluding hydrogens is 423 g/mol. The van der Waals surface area contributed by atoms with Gasteiger partial charge in [0.2, 0.25) is 0 Å². The molecule has 0 bridgehead atoms. The van der Waals surface area contributed by atoms with Crippen LogP contribution in [-0.4, -0.2) is 30.2 Å². The maximum Gasteiger partial charge on any atom is 0.253 e. The Labute approximate surface area is 188 Å². The highest BCUT2D eigenvalue weighted by atomic mass is 19.1. The van der Waals surface area contributed by atoms with Crippen molar-refractivity contribution in [3.05, 3.63) is 89.6 Å². The second-order valence-corrected chi connectivity index (χ2v) is 7.80. The fraction of sp³-hybridized carbons (Fsp3) is 0.167. The minimum absolute atomic E-state index is 0.358. The molecular formula is C24H21FN6O2. The van der Waals surface area contributed by atoms with Crippen LogP contribution in [0.25, 0.3) is 22.5 Å². The molecule has 1 amide bonds. The lowest BCUT2D eigenvalue weighted by Gasteiger charge is -2.20. The number of imidazole rings is 1. The highest BCUT2D eigenvalue weighted by Crippen LogP contribution is 2.28. The van der Waals surface area contributed by atoms with Crippen LogP contribution in [0.1, 0.15) is 33.5 Å². The van der Waals surface area contributed by atoms with Crippen molar-refractivity contribution in [3.8, 4) is 11.5 Å². The topological polar surface area (TPSA) is 90.8 Å². The molecule has 0 aliphatic carbocycles. The van der Waals surface area contributed by atoms with Crippen LogP contribution < -0.4 is 5.32 Å². The van der Waals surface area contributed by atoms with E-state index in [1.807, 2.05) is 14.0 Å². The lowest BCUT2D eigenvalue weighted by atomic mass is 10.0. The summed E-state index contributed by atoms with van der Waals surface area (Å²) in [6.45, 7) is 1.83. The van der Waals surface area contributed by atoms with Crippen LogP contribution in [0.15, 0.2) is 65.5 Å². The van der Waals surface area contributed by atoms with Gasteiger partial charge < -0.3 is 14.3 Å². The number of nitrogens with zero attached hydrogens (tertiary/aromatic N) is 5. The van der Waals surface area contributed by atoms with Gasteiger partial charge in [0.15, 0.2) is 11.4 Å². The van der Waals surface area contributed by atoms with Gasteiger partial charge in [0, 0.05) is 26.5 Å². The fourth-order valence-electron chi connectivity index (χ4n) is 4.02. The van der Waals surface area contributed by atoms with Gasteiger partial charge in [0.05, 0.1) is 22.9 Å². The summed E-state index contributed by atoms with van der Waals surface area (Å²) < 4.78 is 23.0. The molecule has 0 fully saturated rings. The molecule has 33 heavy (non-hydrogen) atoms. The fourth-order valence-corrected chi connectivity index (χ4v) is 4.02. The molecule has 0 unspecified atom stereocenters. The molecule has 9 heteroatoms. The van der Waals surface area contributed by atoms with Gasteiger partial charge in [0.25, 0.3) is 5.91 Å². The maximum atomic E-state index is 14.0. The molecule has 5 rings (SSSR count). The zero-order chi connectivity index (χ0) is 23.1. The molecule has 4 heterocycles. The van der Waals surface area contributed by atoms with Gasteiger partial charge in [-0.15, -0.1) is 0 Å². The SMILES string of the molecule is Cc1nn(C)c2nc(-c3ccco3)cc(C(=O)N[C@@H](c3cccc(F)c3)c3nccn3C)c12. The molecule has 8 nitrogen and oxygen atoms in total. The Kier molecular flexibility index (Phi) is 5.01. The summed E-state index contributed by atoms with van der Waals surface area (Å²) in [5.74, 6) is 0.364. The minimum Gasteiger partial charge on any atom is -0.463 e. The van der Waals surface area contributed by atoms with Crippen molar-refractivity contribution in [1.82, 2.24) is 29.6 Å². The van der Waals surface area contributed by atoms with Crippen molar-refractivity contribution in [2.45, 2.75) is 13.0 Å². The van der Waals surface area contributed by atoms with Crippen LogP contribution in [0.2, 0.25) is 0 Å². The van der Waals surface area contributed by atoms with Crippen molar-refractivity contribution in [2.75, 3.05) is 0 Å². The Hall–Kier alpha value is -4.27. The predicted molar refractivity (Wildman–Crippen MR) is 120 cm³/mol. The van der Waals surface area contributed by atoms with E-state index in [2.05, 4.69) is 20.4 Å². The predicted octanol–water partition coefficient (Wildman–Crippen LogP) is 3.93. The molecule has 0 aliphatic heterocycles. The third-order valence-electron chi connectivity index (χ3n) is 5.56. The van der Waals surface area contributed by atoms with Gasteiger partial charge in [-0.2, -0.15) is 5.10 Å². The molecule has 0 spiro atoms. The zero-order valence-electron chi connectivity index (χ0n) is 18.3. The number of hydrogen-bond donors (Lipinski definition) is 1. The average molecular weight is 444 g/mol. The maximum absolute atomic E-state index is 14.0. The summed E-state index contributed by atoms with van der Waals surface area (Å²) in [7, 11) is 3.60. The van der Waals surface area contributed by atoms with Crippen molar-refractivity contribution < 1.29 is 13.6 Å². The highest BCUT2D eigenvalue weighted by molar-refractivity contribution is 6.07. The Morgan fingerprint density at radius 3 is 2.73 bits per heavy atom. The number of halogens is 1. The number of hydrogen-bond acceptors (Lipinski definition) is 5. The molecule has 0 radical (unpaired) electrons. The van der Waals surface area contributed by atoms with Crippen LogP contribution in [0, 0.1) is 12.7 Å². The standard InChI is InChI=1S/C24H21FN6O2/c1-14-20-17(13-18(19-8-5-11-33-19)27-22(20)31(3)29-14)24(32)28-21(23-26-9-10-30(23)2)15-6-4-7-16(25)12-15/h4-13,21H,1-3H3,(H,28,32)/t21-/m0/s1. The van der Waals surface area contributed by atoms with E-state index in [1.54, 1.807) is 65.3 Å². The number of rotatable bonds is 5. The molecule has 166 valence electrons. The van der Waals surface area contributed by atoms with E-state index < -0.39 is 11.9 Å². The number of benzene rings is 1. The molecule has 1 N–H and O–H groups in total. The molecule has 0 aliphatic rings. The Balaban J connectivity index is 1.63. The Morgan fingerprint density at radius 2 is 2.03 bits per heavy atom. The number of furan rings is 1. The van der Waals surface area contributed by atoms with Gasteiger partial charge >= 0.3 is 0 Å². The number of aromatic nitrogens is 5. The quantitative estimate of drug-likeness (QED) is 0.444. The average Bonchev–Trinajstić information content (AvgIpc) is 3.53. The second kappa shape index (κ2) is 8.01. The van der Waals surface area contributed by atoms with Crippen molar-refractivity contribution in [3.63, 3.8) is 0 Å². The summed E-state index contributed by atoms with van der Waals surface area (Å²) >= 11 is 0. The Morgan fingerprint density at radius 1 is 1.18 bits per heavy atom. The van der Waals surface area contributed by atoms with Crippen LogP contribution in [0.4, 0.5) is 4.39 Å². The van der Waals surface area contributed by atoms with Gasteiger partial charge in [-0.3, -0.25) is 9.48 Å². The number of carbonyl (C=O) groups is 1. The summed E-state index contributed by atoms with van der Waals surface area (Å²) in [6, 6.07) is 10.7. The number of fused-ring (bicyclic) bond motifs is 1. The van der Waals surface area contributed by atoms with Crippen LogP contribution >= 0.6 is 0 Å². The molecule has 4 aromatic heterocycles. The summed E-state index contributed by atoms with van der Waals surface area (Å²) in [6.07, 6.45) is 4.97. The lowest BCUT2D eigenvalue weighted by Crippen LogP contribution is -2.31.